The van der Waals surface area contributed by atoms with E-state index in [-0.39, 0.29) is 0 Å². The molecule has 0 spiro atoms. The second-order valence-electron chi connectivity index (χ2n) is 3.94. The van der Waals surface area contributed by atoms with Crippen LogP contribution in [0.25, 0.3) is 0 Å². The van der Waals surface area contributed by atoms with E-state index >= 15 is 0 Å². The van der Waals surface area contributed by atoms with Crippen LogP contribution in [0, 0.1) is 0 Å². The molecule has 1 fully saturated rings. The van der Waals surface area contributed by atoms with Crippen LogP contribution in [-0.4, -0.2) is 6.10 Å². The van der Waals surface area contributed by atoms with Crippen LogP contribution in [0.4, 0.5) is 0 Å². The summed E-state index contributed by atoms with van der Waals surface area (Å²) in [6.07, 6.45) is 5.19. The molecule has 2 rings (SSSR count). The molecule has 3 heteroatoms. The highest BCUT2D eigenvalue weighted by molar-refractivity contribution is 6.31. The lowest BCUT2D eigenvalue weighted by atomic mass is 10.2. The predicted octanol–water partition coefficient (Wildman–Crippen LogP) is 3.12. The lowest BCUT2D eigenvalue weighted by molar-refractivity contribution is 0.208. The summed E-state index contributed by atoms with van der Waals surface area (Å²) in [6.45, 7) is 0.432. The second kappa shape index (κ2) is 4.86. The molecule has 0 radical (unpaired) electrons. The molecule has 2 nitrogen and oxygen atoms in total. The lowest BCUT2D eigenvalue weighted by Crippen LogP contribution is -2.13. The molecule has 15 heavy (non-hydrogen) atoms. The Morgan fingerprint density at radius 2 is 2.07 bits per heavy atom. The fraction of sp³-hybridized carbons (Fsp3) is 0.500. The smallest absolute Gasteiger partial charge is 0.125 e. The standard InChI is InChI=1S/C12H16ClNO/c13-11-6-3-7-12(10(11)8-14)15-9-4-1-2-5-9/h3,6-7,9H,1-2,4-5,8,14H2. The lowest BCUT2D eigenvalue weighted by Gasteiger charge is -2.16. The Morgan fingerprint density at radius 1 is 1.33 bits per heavy atom. The number of halogens is 1. The maximum Gasteiger partial charge on any atom is 0.125 e. The molecule has 2 N–H and O–H groups in total. The zero-order chi connectivity index (χ0) is 10.7. The average Bonchev–Trinajstić information content (AvgIpc) is 2.71. The van der Waals surface area contributed by atoms with Crippen molar-refractivity contribution in [3.63, 3.8) is 0 Å². The Morgan fingerprint density at radius 3 is 2.73 bits per heavy atom. The quantitative estimate of drug-likeness (QED) is 0.858. The monoisotopic (exact) mass is 225 g/mol. The van der Waals surface area contributed by atoms with Crippen LogP contribution in [0.1, 0.15) is 31.2 Å². The maximum absolute atomic E-state index is 6.05. The van der Waals surface area contributed by atoms with Gasteiger partial charge in [-0.05, 0) is 37.8 Å². The number of hydrogen-bond acceptors (Lipinski definition) is 2. The van der Waals surface area contributed by atoms with E-state index in [0.717, 1.165) is 24.2 Å². The molecule has 1 aliphatic carbocycles. The molecule has 1 aliphatic rings. The van der Waals surface area contributed by atoms with E-state index in [0.29, 0.717) is 17.7 Å². The minimum Gasteiger partial charge on any atom is -0.490 e. The molecule has 0 amide bonds. The minimum atomic E-state index is 0.355. The Bertz CT molecular complexity index is 334. The van der Waals surface area contributed by atoms with Gasteiger partial charge in [0.25, 0.3) is 0 Å². The van der Waals surface area contributed by atoms with E-state index in [1.165, 1.54) is 12.8 Å². The highest BCUT2D eigenvalue weighted by atomic mass is 35.5. The molecule has 0 bridgehead atoms. The van der Waals surface area contributed by atoms with Crippen molar-refractivity contribution in [1.29, 1.82) is 0 Å². The zero-order valence-electron chi connectivity index (χ0n) is 8.71. The maximum atomic E-state index is 6.05. The molecular formula is C12H16ClNO. The first-order valence-corrected chi connectivity index (χ1v) is 5.83. The summed E-state index contributed by atoms with van der Waals surface area (Å²) in [7, 11) is 0. The van der Waals surface area contributed by atoms with Crippen LogP contribution in [0.3, 0.4) is 0 Å². The highest BCUT2D eigenvalue weighted by Crippen LogP contribution is 2.30. The van der Waals surface area contributed by atoms with Crippen LogP contribution in [-0.2, 0) is 6.54 Å². The summed E-state index contributed by atoms with van der Waals surface area (Å²) in [5.41, 5.74) is 6.58. The number of nitrogens with two attached hydrogens (primary N) is 1. The van der Waals surface area contributed by atoms with E-state index in [1.54, 1.807) is 0 Å². The van der Waals surface area contributed by atoms with E-state index in [2.05, 4.69) is 0 Å². The van der Waals surface area contributed by atoms with Crippen LogP contribution < -0.4 is 10.5 Å². The van der Waals surface area contributed by atoms with Crippen LogP contribution >= 0.6 is 11.6 Å². The van der Waals surface area contributed by atoms with Crippen LogP contribution in [0.2, 0.25) is 5.02 Å². The Balaban J connectivity index is 2.15. The van der Waals surface area contributed by atoms with Crippen molar-refractivity contribution in [1.82, 2.24) is 0 Å². The van der Waals surface area contributed by atoms with Crippen molar-refractivity contribution < 1.29 is 4.74 Å². The van der Waals surface area contributed by atoms with Gasteiger partial charge < -0.3 is 10.5 Å². The van der Waals surface area contributed by atoms with Crippen molar-refractivity contribution in [2.24, 2.45) is 5.73 Å². The SMILES string of the molecule is NCc1c(Cl)cccc1OC1CCCC1. The minimum absolute atomic E-state index is 0.355. The fourth-order valence-electron chi connectivity index (χ4n) is 2.03. The Labute approximate surface area is 95.4 Å². The summed E-state index contributed by atoms with van der Waals surface area (Å²) >= 11 is 6.05. The van der Waals surface area contributed by atoms with E-state index in [9.17, 15) is 0 Å². The van der Waals surface area contributed by atoms with Gasteiger partial charge in [-0.2, -0.15) is 0 Å². The predicted molar refractivity (Wildman–Crippen MR) is 62.2 cm³/mol. The van der Waals surface area contributed by atoms with Gasteiger partial charge in [0.2, 0.25) is 0 Å². The fourth-order valence-corrected chi connectivity index (χ4v) is 2.28. The van der Waals surface area contributed by atoms with Crippen LogP contribution in [0.5, 0.6) is 5.75 Å². The molecule has 0 atom stereocenters. The largest absolute Gasteiger partial charge is 0.490 e. The molecule has 1 saturated carbocycles. The van der Waals surface area contributed by atoms with Gasteiger partial charge in [0, 0.05) is 17.1 Å². The number of rotatable bonds is 3. The highest BCUT2D eigenvalue weighted by Gasteiger charge is 2.18. The van der Waals surface area contributed by atoms with Gasteiger partial charge in [-0.15, -0.1) is 0 Å². The molecule has 0 aliphatic heterocycles. The van der Waals surface area contributed by atoms with Gasteiger partial charge >= 0.3 is 0 Å². The molecule has 82 valence electrons. The molecule has 0 aromatic heterocycles. The third kappa shape index (κ3) is 2.44. The summed E-state index contributed by atoms with van der Waals surface area (Å²) in [5.74, 6) is 0.858. The topological polar surface area (TPSA) is 35.2 Å². The first kappa shape index (κ1) is 10.8. The third-order valence-electron chi connectivity index (χ3n) is 2.88. The summed E-state index contributed by atoms with van der Waals surface area (Å²) in [4.78, 5) is 0. The average molecular weight is 226 g/mol. The number of benzene rings is 1. The van der Waals surface area contributed by atoms with E-state index < -0.39 is 0 Å². The van der Waals surface area contributed by atoms with Crippen molar-refractivity contribution in [3.8, 4) is 5.75 Å². The van der Waals surface area contributed by atoms with Gasteiger partial charge in [-0.3, -0.25) is 0 Å². The molecule has 1 aromatic carbocycles. The van der Waals surface area contributed by atoms with Crippen molar-refractivity contribution in [2.45, 2.75) is 38.3 Å². The Hall–Kier alpha value is -0.730. The number of ether oxygens (including phenoxy) is 1. The molecular weight excluding hydrogens is 210 g/mol. The Kier molecular flexibility index (Phi) is 3.49. The summed E-state index contributed by atoms with van der Waals surface area (Å²) in [6, 6.07) is 5.71. The van der Waals surface area contributed by atoms with Crippen molar-refractivity contribution >= 4 is 11.6 Å². The normalized spacial score (nSPS) is 16.9. The number of hydrogen-bond donors (Lipinski definition) is 1. The second-order valence-corrected chi connectivity index (χ2v) is 4.35. The van der Waals surface area contributed by atoms with E-state index in [4.69, 9.17) is 22.1 Å². The van der Waals surface area contributed by atoms with Crippen LogP contribution in [0.15, 0.2) is 18.2 Å². The zero-order valence-corrected chi connectivity index (χ0v) is 9.46. The summed E-state index contributed by atoms with van der Waals surface area (Å²) < 4.78 is 5.91. The molecule has 1 aromatic rings. The first-order valence-electron chi connectivity index (χ1n) is 5.45. The van der Waals surface area contributed by atoms with Gasteiger partial charge in [0.05, 0.1) is 6.10 Å². The van der Waals surface area contributed by atoms with Gasteiger partial charge in [-0.1, -0.05) is 17.7 Å². The van der Waals surface area contributed by atoms with Crippen molar-refractivity contribution in [2.75, 3.05) is 0 Å². The van der Waals surface area contributed by atoms with Gasteiger partial charge in [0.1, 0.15) is 5.75 Å². The first-order chi connectivity index (χ1) is 7.31. The summed E-state index contributed by atoms with van der Waals surface area (Å²) in [5, 5.41) is 0.702. The third-order valence-corrected chi connectivity index (χ3v) is 3.23. The molecule has 0 unspecified atom stereocenters. The molecule has 0 heterocycles. The van der Waals surface area contributed by atoms with Gasteiger partial charge in [0.15, 0.2) is 0 Å². The molecule has 0 saturated heterocycles. The van der Waals surface area contributed by atoms with E-state index in [1.807, 2.05) is 18.2 Å². The van der Waals surface area contributed by atoms with Crippen molar-refractivity contribution in [3.05, 3.63) is 28.8 Å². The van der Waals surface area contributed by atoms with Gasteiger partial charge in [-0.25, -0.2) is 0 Å².